The Morgan fingerprint density at radius 1 is 1.15 bits per heavy atom. The van der Waals surface area contributed by atoms with Gasteiger partial charge in [0.15, 0.2) is 0 Å². The van der Waals surface area contributed by atoms with Crippen molar-refractivity contribution in [3.63, 3.8) is 0 Å². The zero-order chi connectivity index (χ0) is 14.9. The van der Waals surface area contributed by atoms with Crippen LogP contribution in [0.5, 0.6) is 0 Å². The normalized spacial score (nSPS) is 11.3. The van der Waals surface area contributed by atoms with E-state index < -0.39 is 23.2 Å². The van der Waals surface area contributed by atoms with E-state index >= 15 is 0 Å². The quantitative estimate of drug-likeness (QED) is 0.820. The number of nitrogens with two attached hydrogens (primary N) is 2. The first-order valence-corrected chi connectivity index (χ1v) is 5.39. The van der Waals surface area contributed by atoms with E-state index in [0.717, 1.165) is 6.07 Å². The molecular weight excluding hydrogens is 273 g/mol. The van der Waals surface area contributed by atoms with Gasteiger partial charge in [0, 0.05) is 6.20 Å². The van der Waals surface area contributed by atoms with Crippen LogP contribution < -0.4 is 11.5 Å². The van der Waals surface area contributed by atoms with Gasteiger partial charge in [-0.05, 0) is 24.3 Å². The number of rotatable bonds is 2. The smallest absolute Gasteiger partial charge is 0.384 e. The molecular formula is C12H9F3N4O. The van der Waals surface area contributed by atoms with E-state index in [1.165, 1.54) is 18.3 Å². The fraction of sp³-hybridized carbons (Fsp3) is 0.0833. The highest BCUT2D eigenvalue weighted by molar-refractivity contribution is 6.11. The molecule has 20 heavy (non-hydrogen) atoms. The number of alkyl halides is 3. The molecule has 0 spiro atoms. The van der Waals surface area contributed by atoms with Crippen LogP contribution in [0.25, 0.3) is 0 Å². The number of carbonyl (C=O) groups excluding carboxylic acids is 1. The lowest BCUT2D eigenvalue weighted by Crippen LogP contribution is -2.17. The third-order valence-electron chi connectivity index (χ3n) is 2.52. The van der Waals surface area contributed by atoms with Gasteiger partial charge in [-0.25, -0.2) is 9.97 Å². The van der Waals surface area contributed by atoms with Crippen LogP contribution in [0.3, 0.4) is 0 Å². The van der Waals surface area contributed by atoms with Gasteiger partial charge in [0.25, 0.3) is 0 Å². The van der Waals surface area contributed by atoms with Gasteiger partial charge in [-0.3, -0.25) is 4.79 Å². The van der Waals surface area contributed by atoms with Gasteiger partial charge in [-0.1, -0.05) is 0 Å². The van der Waals surface area contributed by atoms with Crippen molar-refractivity contribution in [3.8, 4) is 0 Å². The maximum Gasteiger partial charge on any atom is 0.418 e. The number of nitrogen functional groups attached to an aromatic ring is 2. The number of ketones is 1. The molecule has 104 valence electrons. The van der Waals surface area contributed by atoms with E-state index in [2.05, 4.69) is 9.97 Å². The molecule has 0 aromatic carbocycles. The Labute approximate surface area is 111 Å². The highest BCUT2D eigenvalue weighted by Crippen LogP contribution is 2.33. The van der Waals surface area contributed by atoms with Crippen LogP contribution in [-0.2, 0) is 6.18 Å². The SMILES string of the molecule is Nc1ccc(C(F)(F)F)c(C(=O)c2cccnc2N)n1. The molecule has 5 nitrogen and oxygen atoms in total. The number of pyridine rings is 2. The molecule has 2 aromatic heterocycles. The number of nitrogens with zero attached hydrogens (tertiary/aromatic N) is 2. The lowest BCUT2D eigenvalue weighted by atomic mass is 10.0. The summed E-state index contributed by atoms with van der Waals surface area (Å²) < 4.78 is 38.6. The summed E-state index contributed by atoms with van der Waals surface area (Å²) in [5.41, 5.74) is 8.71. The molecule has 0 unspecified atom stereocenters. The summed E-state index contributed by atoms with van der Waals surface area (Å²) in [4.78, 5) is 19.3. The van der Waals surface area contributed by atoms with Crippen molar-refractivity contribution in [1.82, 2.24) is 9.97 Å². The average Bonchev–Trinajstić information content (AvgIpc) is 2.37. The lowest BCUT2D eigenvalue weighted by molar-refractivity contribution is -0.138. The van der Waals surface area contributed by atoms with Gasteiger partial charge in [0.1, 0.15) is 17.3 Å². The molecule has 0 aliphatic rings. The fourth-order valence-electron chi connectivity index (χ4n) is 1.61. The molecule has 0 fully saturated rings. The largest absolute Gasteiger partial charge is 0.418 e. The maximum absolute atomic E-state index is 12.9. The van der Waals surface area contributed by atoms with Gasteiger partial charge in [0.05, 0.1) is 11.1 Å². The van der Waals surface area contributed by atoms with Gasteiger partial charge in [-0.15, -0.1) is 0 Å². The molecule has 0 saturated carbocycles. The Kier molecular flexibility index (Phi) is 3.31. The molecule has 0 aliphatic heterocycles. The monoisotopic (exact) mass is 282 g/mol. The summed E-state index contributed by atoms with van der Waals surface area (Å²) in [6.07, 6.45) is -3.40. The van der Waals surface area contributed by atoms with Crippen molar-refractivity contribution in [2.75, 3.05) is 11.5 Å². The zero-order valence-electron chi connectivity index (χ0n) is 9.98. The van der Waals surface area contributed by atoms with Crippen LogP contribution in [0.2, 0.25) is 0 Å². The Bertz CT molecular complexity index is 670. The number of hydrogen-bond donors (Lipinski definition) is 2. The maximum atomic E-state index is 12.9. The summed E-state index contributed by atoms with van der Waals surface area (Å²) in [6.45, 7) is 0. The first-order valence-electron chi connectivity index (χ1n) is 5.39. The highest BCUT2D eigenvalue weighted by Gasteiger charge is 2.36. The number of carbonyl (C=O) groups is 1. The lowest BCUT2D eigenvalue weighted by Gasteiger charge is -2.12. The van der Waals surface area contributed by atoms with E-state index in [0.29, 0.717) is 6.07 Å². The van der Waals surface area contributed by atoms with Crippen molar-refractivity contribution in [1.29, 1.82) is 0 Å². The first-order chi connectivity index (χ1) is 9.30. The Morgan fingerprint density at radius 2 is 1.85 bits per heavy atom. The van der Waals surface area contributed by atoms with Gasteiger partial charge >= 0.3 is 6.18 Å². The molecule has 0 aliphatic carbocycles. The second kappa shape index (κ2) is 4.80. The molecule has 2 rings (SSSR count). The number of aromatic nitrogens is 2. The van der Waals surface area contributed by atoms with Gasteiger partial charge in [-0.2, -0.15) is 13.2 Å². The van der Waals surface area contributed by atoms with Crippen molar-refractivity contribution >= 4 is 17.4 Å². The van der Waals surface area contributed by atoms with Crippen LogP contribution in [0, 0.1) is 0 Å². The molecule has 0 bridgehead atoms. The van der Waals surface area contributed by atoms with E-state index in [4.69, 9.17) is 11.5 Å². The third kappa shape index (κ3) is 2.53. The topological polar surface area (TPSA) is 94.9 Å². The summed E-state index contributed by atoms with van der Waals surface area (Å²) in [7, 11) is 0. The number of hydrogen-bond acceptors (Lipinski definition) is 5. The number of halogens is 3. The van der Waals surface area contributed by atoms with E-state index in [1.807, 2.05) is 0 Å². The van der Waals surface area contributed by atoms with E-state index in [9.17, 15) is 18.0 Å². The van der Waals surface area contributed by atoms with Crippen LogP contribution in [0.4, 0.5) is 24.8 Å². The molecule has 0 atom stereocenters. The van der Waals surface area contributed by atoms with Crippen LogP contribution in [-0.4, -0.2) is 15.8 Å². The average molecular weight is 282 g/mol. The molecule has 8 heteroatoms. The van der Waals surface area contributed by atoms with Gasteiger partial charge < -0.3 is 11.5 Å². The molecule has 0 saturated heterocycles. The second-order valence-corrected chi connectivity index (χ2v) is 3.90. The predicted octanol–water partition coefficient (Wildman–Crippen LogP) is 1.89. The van der Waals surface area contributed by atoms with Crippen molar-refractivity contribution in [2.24, 2.45) is 0 Å². The minimum absolute atomic E-state index is 0.156. The predicted molar refractivity (Wildman–Crippen MR) is 65.7 cm³/mol. The Morgan fingerprint density at radius 3 is 2.45 bits per heavy atom. The second-order valence-electron chi connectivity index (χ2n) is 3.90. The van der Waals surface area contributed by atoms with E-state index in [-0.39, 0.29) is 17.2 Å². The highest BCUT2D eigenvalue weighted by atomic mass is 19.4. The minimum Gasteiger partial charge on any atom is -0.384 e. The van der Waals surface area contributed by atoms with Crippen LogP contribution in [0.1, 0.15) is 21.6 Å². The standard InChI is InChI=1S/C12H9F3N4O/c13-12(14,15)7-3-4-8(16)19-9(7)10(20)6-2-1-5-18-11(6)17/h1-5H,(H2,16,19)(H2,17,18). The summed E-state index contributed by atoms with van der Waals surface area (Å²) in [5.74, 6) is -1.34. The van der Waals surface area contributed by atoms with Crippen molar-refractivity contribution in [3.05, 3.63) is 47.3 Å². The molecule has 4 N–H and O–H groups in total. The van der Waals surface area contributed by atoms with Crippen molar-refractivity contribution < 1.29 is 18.0 Å². The molecule has 2 aromatic rings. The minimum atomic E-state index is -4.72. The third-order valence-corrected chi connectivity index (χ3v) is 2.52. The molecule has 0 amide bonds. The van der Waals surface area contributed by atoms with Gasteiger partial charge in [0.2, 0.25) is 5.78 Å². The van der Waals surface area contributed by atoms with Crippen LogP contribution in [0.15, 0.2) is 30.5 Å². The fourth-order valence-corrected chi connectivity index (χ4v) is 1.61. The zero-order valence-corrected chi connectivity index (χ0v) is 9.98. The Hall–Kier alpha value is -2.64. The number of anilines is 2. The Balaban J connectivity index is 2.61. The molecule has 2 heterocycles. The first kappa shape index (κ1) is 13.8. The van der Waals surface area contributed by atoms with Crippen LogP contribution >= 0.6 is 0 Å². The van der Waals surface area contributed by atoms with E-state index in [1.54, 1.807) is 0 Å². The molecule has 0 radical (unpaired) electrons. The van der Waals surface area contributed by atoms with Crippen molar-refractivity contribution in [2.45, 2.75) is 6.18 Å². The summed E-state index contributed by atoms with van der Waals surface area (Å²) in [5, 5.41) is 0. The summed E-state index contributed by atoms with van der Waals surface area (Å²) in [6, 6.07) is 4.35. The summed E-state index contributed by atoms with van der Waals surface area (Å²) >= 11 is 0.